The number of hydrogen-bond donors (Lipinski definition) is 1. The van der Waals surface area contributed by atoms with Crippen molar-refractivity contribution in [1.82, 2.24) is 15.2 Å². The number of fused-ring (bicyclic) bond motifs is 1. The smallest absolute Gasteiger partial charge is 0.317 e. The number of benzene rings is 1. The second-order valence-electron chi connectivity index (χ2n) is 5.51. The van der Waals surface area contributed by atoms with Gasteiger partial charge in [0.2, 0.25) is 0 Å². The standard InChI is InChI=1S/C17H19N3O2S/c1-11-16(23-12(2)19-11)9-18-17(21)20(3)10-14-8-13-6-4-5-7-15(13)22-14/h4-8H,9-10H2,1-3H3,(H,18,21). The van der Waals surface area contributed by atoms with E-state index in [4.69, 9.17) is 4.42 Å². The fourth-order valence-electron chi connectivity index (χ4n) is 2.45. The van der Waals surface area contributed by atoms with E-state index in [9.17, 15) is 4.79 Å². The highest BCUT2D eigenvalue weighted by Crippen LogP contribution is 2.20. The van der Waals surface area contributed by atoms with E-state index in [2.05, 4.69) is 10.3 Å². The number of carbonyl (C=O) groups is 1. The largest absolute Gasteiger partial charge is 0.459 e. The summed E-state index contributed by atoms with van der Waals surface area (Å²) in [5.41, 5.74) is 1.82. The van der Waals surface area contributed by atoms with Crippen LogP contribution in [0.1, 0.15) is 21.3 Å². The Bertz CT molecular complexity index is 804. The molecule has 5 nitrogen and oxygen atoms in total. The van der Waals surface area contributed by atoms with Crippen molar-refractivity contribution in [2.45, 2.75) is 26.9 Å². The van der Waals surface area contributed by atoms with Gasteiger partial charge in [0.15, 0.2) is 0 Å². The Hall–Kier alpha value is -2.34. The molecule has 2 aromatic heterocycles. The average Bonchev–Trinajstić information content (AvgIpc) is 3.06. The highest BCUT2D eigenvalue weighted by atomic mass is 32.1. The predicted molar refractivity (Wildman–Crippen MR) is 91.5 cm³/mol. The first-order valence-corrected chi connectivity index (χ1v) is 8.24. The number of thiazole rings is 1. The lowest BCUT2D eigenvalue weighted by Gasteiger charge is -2.16. The number of para-hydroxylation sites is 1. The Morgan fingerprint density at radius 3 is 2.83 bits per heavy atom. The number of nitrogens with one attached hydrogen (secondary N) is 1. The number of nitrogens with zero attached hydrogens (tertiary/aromatic N) is 2. The van der Waals surface area contributed by atoms with Gasteiger partial charge >= 0.3 is 6.03 Å². The normalized spacial score (nSPS) is 10.9. The maximum absolute atomic E-state index is 12.2. The quantitative estimate of drug-likeness (QED) is 0.791. The molecule has 3 aromatic rings. The minimum Gasteiger partial charge on any atom is -0.459 e. The van der Waals surface area contributed by atoms with Crippen LogP contribution in [-0.4, -0.2) is 23.0 Å². The van der Waals surface area contributed by atoms with E-state index in [-0.39, 0.29) is 6.03 Å². The molecule has 6 heteroatoms. The summed E-state index contributed by atoms with van der Waals surface area (Å²) in [6.45, 7) is 4.86. The van der Waals surface area contributed by atoms with Crippen molar-refractivity contribution in [3.63, 3.8) is 0 Å². The van der Waals surface area contributed by atoms with Crippen LogP contribution in [0.25, 0.3) is 11.0 Å². The number of aromatic nitrogens is 1. The van der Waals surface area contributed by atoms with Crippen LogP contribution in [0.2, 0.25) is 0 Å². The van der Waals surface area contributed by atoms with Crippen LogP contribution in [0.5, 0.6) is 0 Å². The van der Waals surface area contributed by atoms with Gasteiger partial charge in [0, 0.05) is 17.3 Å². The van der Waals surface area contributed by atoms with E-state index in [0.717, 1.165) is 32.3 Å². The van der Waals surface area contributed by atoms with Crippen molar-refractivity contribution in [1.29, 1.82) is 0 Å². The summed E-state index contributed by atoms with van der Waals surface area (Å²) in [5.74, 6) is 0.772. The SMILES string of the molecule is Cc1nc(C)c(CNC(=O)N(C)Cc2cc3ccccc3o2)s1. The Labute approximate surface area is 138 Å². The Kier molecular flexibility index (Phi) is 4.34. The molecule has 1 N–H and O–H groups in total. The summed E-state index contributed by atoms with van der Waals surface area (Å²) in [6, 6.07) is 9.67. The summed E-state index contributed by atoms with van der Waals surface area (Å²) in [7, 11) is 1.76. The van der Waals surface area contributed by atoms with Crippen molar-refractivity contribution >= 4 is 28.3 Å². The molecule has 2 heterocycles. The first-order valence-electron chi connectivity index (χ1n) is 7.42. The topological polar surface area (TPSA) is 58.4 Å². The fourth-order valence-corrected chi connectivity index (χ4v) is 3.33. The lowest BCUT2D eigenvalue weighted by atomic mass is 10.2. The van der Waals surface area contributed by atoms with Crippen LogP contribution in [0.15, 0.2) is 34.7 Å². The Morgan fingerprint density at radius 1 is 1.35 bits per heavy atom. The van der Waals surface area contributed by atoms with Gasteiger partial charge in [-0.05, 0) is 26.0 Å². The number of hydrogen-bond acceptors (Lipinski definition) is 4. The molecule has 23 heavy (non-hydrogen) atoms. The average molecular weight is 329 g/mol. The van der Waals surface area contributed by atoms with Crippen molar-refractivity contribution < 1.29 is 9.21 Å². The highest BCUT2D eigenvalue weighted by Gasteiger charge is 2.13. The van der Waals surface area contributed by atoms with Crippen molar-refractivity contribution in [2.75, 3.05) is 7.05 Å². The van der Waals surface area contributed by atoms with Gasteiger partial charge in [-0.25, -0.2) is 9.78 Å². The molecule has 1 aromatic carbocycles. The Morgan fingerprint density at radius 2 is 2.13 bits per heavy atom. The van der Waals surface area contributed by atoms with Crippen LogP contribution in [0.4, 0.5) is 4.79 Å². The third kappa shape index (κ3) is 3.53. The molecule has 0 saturated carbocycles. The lowest BCUT2D eigenvalue weighted by molar-refractivity contribution is 0.203. The van der Waals surface area contributed by atoms with Crippen LogP contribution in [0.3, 0.4) is 0 Å². The molecule has 0 spiro atoms. The molecule has 0 aliphatic heterocycles. The summed E-state index contributed by atoms with van der Waals surface area (Å²) in [6.07, 6.45) is 0. The first-order chi connectivity index (χ1) is 11.0. The third-order valence-electron chi connectivity index (χ3n) is 3.62. The molecule has 0 bridgehead atoms. The molecule has 3 rings (SSSR count). The van der Waals surface area contributed by atoms with E-state index < -0.39 is 0 Å². The first kappa shape index (κ1) is 15.6. The number of amides is 2. The molecule has 0 aliphatic carbocycles. The van der Waals surface area contributed by atoms with Gasteiger partial charge in [0.1, 0.15) is 11.3 Å². The fraction of sp³-hybridized carbons (Fsp3) is 0.294. The minimum absolute atomic E-state index is 0.129. The maximum Gasteiger partial charge on any atom is 0.317 e. The summed E-state index contributed by atoms with van der Waals surface area (Å²) >= 11 is 1.61. The number of furan rings is 1. The van der Waals surface area contributed by atoms with Gasteiger partial charge in [-0.1, -0.05) is 18.2 Å². The van der Waals surface area contributed by atoms with Crippen molar-refractivity contribution in [2.24, 2.45) is 0 Å². The molecule has 0 aliphatic rings. The number of carbonyl (C=O) groups excluding carboxylic acids is 1. The predicted octanol–water partition coefficient (Wildman–Crippen LogP) is 3.85. The van der Waals surface area contributed by atoms with Crippen LogP contribution in [0, 0.1) is 13.8 Å². The summed E-state index contributed by atoms with van der Waals surface area (Å²) < 4.78 is 5.74. The van der Waals surface area contributed by atoms with E-state index in [1.807, 2.05) is 44.2 Å². The summed E-state index contributed by atoms with van der Waals surface area (Å²) in [4.78, 5) is 19.3. The molecular formula is C17H19N3O2S. The summed E-state index contributed by atoms with van der Waals surface area (Å²) in [5, 5.41) is 4.99. The Balaban J connectivity index is 1.59. The van der Waals surface area contributed by atoms with Gasteiger partial charge in [0.25, 0.3) is 0 Å². The van der Waals surface area contributed by atoms with Gasteiger partial charge in [0.05, 0.1) is 23.8 Å². The number of rotatable bonds is 4. The molecule has 0 fully saturated rings. The maximum atomic E-state index is 12.2. The molecule has 0 saturated heterocycles. The molecule has 2 amide bonds. The van der Waals surface area contributed by atoms with Crippen molar-refractivity contribution in [3.05, 3.63) is 51.7 Å². The van der Waals surface area contributed by atoms with Gasteiger partial charge in [-0.3, -0.25) is 0 Å². The lowest BCUT2D eigenvalue weighted by Crippen LogP contribution is -2.36. The van der Waals surface area contributed by atoms with E-state index in [1.54, 1.807) is 23.3 Å². The second-order valence-corrected chi connectivity index (χ2v) is 6.79. The molecule has 120 valence electrons. The zero-order valence-electron chi connectivity index (χ0n) is 13.4. The third-order valence-corrected chi connectivity index (χ3v) is 4.69. The monoisotopic (exact) mass is 329 g/mol. The van der Waals surface area contributed by atoms with Gasteiger partial charge in [-0.2, -0.15) is 0 Å². The van der Waals surface area contributed by atoms with Gasteiger partial charge < -0.3 is 14.6 Å². The van der Waals surface area contributed by atoms with Crippen LogP contribution in [-0.2, 0) is 13.1 Å². The van der Waals surface area contributed by atoms with E-state index in [1.165, 1.54) is 0 Å². The van der Waals surface area contributed by atoms with Crippen LogP contribution < -0.4 is 5.32 Å². The molecule has 0 atom stereocenters. The van der Waals surface area contributed by atoms with Crippen LogP contribution >= 0.6 is 11.3 Å². The molecule has 0 unspecified atom stereocenters. The van der Waals surface area contributed by atoms with E-state index in [0.29, 0.717) is 13.1 Å². The second kappa shape index (κ2) is 6.42. The number of aryl methyl sites for hydroxylation is 2. The minimum atomic E-state index is -0.129. The van der Waals surface area contributed by atoms with Crippen molar-refractivity contribution in [3.8, 4) is 0 Å². The van der Waals surface area contributed by atoms with Gasteiger partial charge in [-0.15, -0.1) is 11.3 Å². The molecule has 0 radical (unpaired) electrons. The zero-order valence-corrected chi connectivity index (χ0v) is 14.2. The molecular weight excluding hydrogens is 310 g/mol. The highest BCUT2D eigenvalue weighted by molar-refractivity contribution is 7.11. The van der Waals surface area contributed by atoms with E-state index >= 15 is 0 Å². The number of urea groups is 1. The zero-order chi connectivity index (χ0) is 16.4.